The Kier molecular flexibility index (Phi) is 7.53. The second-order valence-corrected chi connectivity index (χ2v) is 8.67. The van der Waals surface area contributed by atoms with Gasteiger partial charge in [-0.3, -0.25) is 4.79 Å². The smallest absolute Gasteiger partial charge is 0.416 e. The van der Waals surface area contributed by atoms with E-state index in [1.54, 1.807) is 0 Å². The van der Waals surface area contributed by atoms with Gasteiger partial charge in [-0.25, -0.2) is 8.42 Å². The summed E-state index contributed by atoms with van der Waals surface area (Å²) in [7, 11) is -0.650. The number of alkyl halides is 6. The third-order valence-electron chi connectivity index (χ3n) is 4.30. The van der Waals surface area contributed by atoms with Crippen LogP contribution >= 0.6 is 0 Å². The van der Waals surface area contributed by atoms with E-state index >= 15 is 0 Å². The van der Waals surface area contributed by atoms with E-state index in [4.69, 9.17) is 9.47 Å². The Morgan fingerprint density at radius 2 is 1.42 bits per heavy atom. The maximum atomic E-state index is 13.0. The van der Waals surface area contributed by atoms with Crippen LogP contribution in [0.5, 0.6) is 11.5 Å². The van der Waals surface area contributed by atoms with Crippen molar-refractivity contribution in [2.75, 3.05) is 33.1 Å². The summed E-state index contributed by atoms with van der Waals surface area (Å²) in [5.41, 5.74) is -4.04. The minimum absolute atomic E-state index is 0.0834. The predicted molar refractivity (Wildman–Crippen MR) is 104 cm³/mol. The van der Waals surface area contributed by atoms with E-state index < -0.39 is 51.6 Å². The Bertz CT molecular complexity index is 1100. The van der Waals surface area contributed by atoms with Crippen LogP contribution in [0.1, 0.15) is 11.1 Å². The van der Waals surface area contributed by atoms with Crippen LogP contribution in [0.2, 0.25) is 0 Å². The van der Waals surface area contributed by atoms with Gasteiger partial charge in [-0.05, 0) is 30.3 Å². The lowest BCUT2D eigenvalue weighted by molar-refractivity contribution is -0.143. The molecule has 0 heterocycles. The van der Waals surface area contributed by atoms with Crippen molar-refractivity contribution in [1.82, 2.24) is 4.31 Å². The summed E-state index contributed by atoms with van der Waals surface area (Å²) in [4.78, 5) is 11.9. The number of sulfonamides is 1. The quantitative estimate of drug-likeness (QED) is 0.581. The molecule has 14 heteroatoms. The SMILES string of the molecule is COc1ccc(S(=O)(=O)N(C)CC(=O)Nc2cc(C(F)(F)F)cc(C(F)(F)F)c2)cc1OC. The summed E-state index contributed by atoms with van der Waals surface area (Å²) in [6.45, 7) is -0.895. The Morgan fingerprint density at radius 3 is 1.88 bits per heavy atom. The van der Waals surface area contributed by atoms with E-state index in [1.807, 2.05) is 5.32 Å². The molecule has 0 saturated heterocycles. The van der Waals surface area contributed by atoms with Gasteiger partial charge in [0.1, 0.15) is 0 Å². The first kappa shape index (κ1) is 26.3. The molecule has 0 spiro atoms. The highest BCUT2D eigenvalue weighted by atomic mass is 32.2. The van der Waals surface area contributed by atoms with Crippen LogP contribution < -0.4 is 14.8 Å². The molecule has 1 N–H and O–H groups in total. The van der Waals surface area contributed by atoms with Gasteiger partial charge in [-0.2, -0.15) is 30.6 Å². The van der Waals surface area contributed by atoms with Gasteiger partial charge in [0, 0.05) is 18.8 Å². The zero-order valence-corrected chi connectivity index (χ0v) is 18.2. The van der Waals surface area contributed by atoms with Crippen LogP contribution in [-0.4, -0.2) is 46.4 Å². The second-order valence-electron chi connectivity index (χ2n) is 6.62. The first-order chi connectivity index (χ1) is 15.1. The highest BCUT2D eigenvalue weighted by Crippen LogP contribution is 2.37. The summed E-state index contributed by atoms with van der Waals surface area (Å²) in [6, 6.07) is 4.15. The molecule has 0 aromatic heterocycles. The van der Waals surface area contributed by atoms with Crippen molar-refractivity contribution in [3.05, 3.63) is 47.5 Å². The molecule has 0 saturated carbocycles. The second kappa shape index (κ2) is 9.47. The number of rotatable bonds is 7. The summed E-state index contributed by atoms with van der Waals surface area (Å²) >= 11 is 0. The van der Waals surface area contributed by atoms with Crippen LogP contribution in [0.4, 0.5) is 32.0 Å². The topological polar surface area (TPSA) is 84.9 Å². The predicted octanol–water partition coefficient (Wildman–Crippen LogP) is 4.00. The number of carbonyl (C=O) groups excluding carboxylic acids is 1. The van der Waals surface area contributed by atoms with Crippen molar-refractivity contribution in [3.8, 4) is 11.5 Å². The Hall–Kier alpha value is -3.00. The lowest BCUT2D eigenvalue weighted by atomic mass is 10.1. The number of anilines is 1. The fourth-order valence-corrected chi connectivity index (χ4v) is 3.81. The monoisotopic (exact) mass is 500 g/mol. The van der Waals surface area contributed by atoms with E-state index in [-0.39, 0.29) is 22.5 Å². The van der Waals surface area contributed by atoms with Crippen LogP contribution in [0.25, 0.3) is 0 Å². The summed E-state index contributed by atoms with van der Waals surface area (Å²) < 4.78 is 114. The van der Waals surface area contributed by atoms with E-state index in [2.05, 4.69) is 0 Å². The Morgan fingerprint density at radius 1 is 0.909 bits per heavy atom. The molecule has 2 rings (SSSR count). The summed E-state index contributed by atoms with van der Waals surface area (Å²) in [5.74, 6) is -0.837. The standard InChI is InChI=1S/C19H18F6N2O5S/c1-27(33(29,30)14-4-5-15(31-2)16(9-14)32-3)10-17(28)26-13-7-11(18(20,21)22)6-12(8-13)19(23,24)25/h4-9H,10H2,1-3H3,(H,26,28). The van der Waals surface area contributed by atoms with Crippen molar-refractivity contribution < 1.29 is 49.0 Å². The van der Waals surface area contributed by atoms with Gasteiger partial charge in [-0.15, -0.1) is 0 Å². The van der Waals surface area contributed by atoms with E-state index in [0.29, 0.717) is 16.4 Å². The zero-order chi connectivity index (χ0) is 25.2. The fraction of sp³-hybridized carbons (Fsp3) is 0.316. The largest absolute Gasteiger partial charge is 0.493 e. The molecule has 0 aliphatic heterocycles. The average molecular weight is 500 g/mol. The van der Waals surface area contributed by atoms with Gasteiger partial charge >= 0.3 is 12.4 Å². The van der Waals surface area contributed by atoms with Gasteiger partial charge in [0.05, 0.1) is 36.8 Å². The van der Waals surface area contributed by atoms with Crippen molar-refractivity contribution in [3.63, 3.8) is 0 Å². The number of ether oxygens (including phenoxy) is 2. The van der Waals surface area contributed by atoms with Crippen molar-refractivity contribution in [1.29, 1.82) is 0 Å². The molecule has 2 aromatic rings. The number of hydrogen-bond acceptors (Lipinski definition) is 5. The molecule has 33 heavy (non-hydrogen) atoms. The van der Waals surface area contributed by atoms with Gasteiger partial charge in [0.2, 0.25) is 15.9 Å². The molecule has 0 fully saturated rings. The number of likely N-dealkylation sites (N-methyl/N-ethyl adjacent to an activating group) is 1. The number of carbonyl (C=O) groups is 1. The number of hydrogen-bond donors (Lipinski definition) is 1. The van der Waals surface area contributed by atoms with Crippen molar-refractivity contribution in [2.45, 2.75) is 17.2 Å². The number of benzene rings is 2. The maximum Gasteiger partial charge on any atom is 0.416 e. The van der Waals surface area contributed by atoms with Gasteiger partial charge in [0.25, 0.3) is 0 Å². The lowest BCUT2D eigenvalue weighted by Crippen LogP contribution is -2.35. The molecular weight excluding hydrogens is 482 g/mol. The number of methoxy groups -OCH3 is 2. The normalized spacial score (nSPS) is 12.5. The van der Waals surface area contributed by atoms with Crippen LogP contribution in [0.15, 0.2) is 41.3 Å². The first-order valence-corrected chi connectivity index (χ1v) is 10.3. The maximum absolute atomic E-state index is 13.0. The van der Waals surface area contributed by atoms with Crippen LogP contribution in [0, 0.1) is 0 Å². The number of amides is 1. The minimum Gasteiger partial charge on any atom is -0.493 e. The highest BCUT2D eigenvalue weighted by Gasteiger charge is 2.37. The van der Waals surface area contributed by atoms with E-state index in [9.17, 15) is 39.6 Å². The number of nitrogens with zero attached hydrogens (tertiary/aromatic N) is 1. The van der Waals surface area contributed by atoms with Gasteiger partial charge < -0.3 is 14.8 Å². The molecule has 0 unspecified atom stereocenters. The molecule has 0 bridgehead atoms. The third-order valence-corrected chi connectivity index (χ3v) is 6.10. The zero-order valence-electron chi connectivity index (χ0n) is 17.3. The molecule has 0 radical (unpaired) electrons. The number of halogens is 6. The third kappa shape index (κ3) is 6.28. The Balaban J connectivity index is 2.27. The molecule has 2 aromatic carbocycles. The molecule has 1 amide bonds. The van der Waals surface area contributed by atoms with E-state index in [1.165, 1.54) is 26.4 Å². The molecule has 182 valence electrons. The Labute approximate surface area is 184 Å². The molecule has 0 atom stereocenters. The average Bonchev–Trinajstić information content (AvgIpc) is 2.71. The number of nitrogens with one attached hydrogen (secondary N) is 1. The molecule has 0 aliphatic carbocycles. The molecule has 7 nitrogen and oxygen atoms in total. The fourth-order valence-electron chi connectivity index (χ4n) is 2.67. The summed E-state index contributed by atoms with van der Waals surface area (Å²) in [5, 5.41) is 1.87. The first-order valence-electron chi connectivity index (χ1n) is 8.87. The van der Waals surface area contributed by atoms with Gasteiger partial charge in [0.15, 0.2) is 11.5 Å². The molecule has 0 aliphatic rings. The van der Waals surface area contributed by atoms with Gasteiger partial charge in [-0.1, -0.05) is 0 Å². The van der Waals surface area contributed by atoms with Crippen LogP contribution in [0.3, 0.4) is 0 Å². The van der Waals surface area contributed by atoms with E-state index in [0.717, 1.165) is 13.1 Å². The van der Waals surface area contributed by atoms with Crippen LogP contribution in [-0.2, 0) is 27.2 Å². The lowest BCUT2D eigenvalue weighted by Gasteiger charge is -2.19. The van der Waals surface area contributed by atoms with Crippen molar-refractivity contribution in [2.24, 2.45) is 0 Å². The van der Waals surface area contributed by atoms with Crippen molar-refractivity contribution >= 4 is 21.6 Å². The highest BCUT2D eigenvalue weighted by molar-refractivity contribution is 7.89. The minimum atomic E-state index is -5.10. The molecular formula is C19H18F6N2O5S. The summed E-state index contributed by atoms with van der Waals surface area (Å²) in [6.07, 6.45) is -10.2.